The first-order chi connectivity index (χ1) is 3.41. The molecule has 0 heterocycles. The van der Waals surface area contributed by atoms with E-state index in [1.807, 2.05) is 6.08 Å². The first-order valence-electron chi connectivity index (χ1n) is 2.09. The maximum atomic E-state index is 4.93. The van der Waals surface area contributed by atoms with E-state index in [9.17, 15) is 0 Å². The van der Waals surface area contributed by atoms with Crippen LogP contribution < -0.4 is 0 Å². The van der Waals surface area contributed by atoms with Crippen molar-refractivity contribution in [2.45, 2.75) is 6.42 Å². The number of alkyl halides is 1. The average Bonchev–Trinajstić information content (AvgIpc) is 1.69. The smallest absolute Gasteiger partial charge is 0.00302 e. The summed E-state index contributed by atoms with van der Waals surface area (Å²) in [5.74, 6) is 2.42. The van der Waals surface area contributed by atoms with Gasteiger partial charge in [0.05, 0.1) is 0 Å². The van der Waals surface area contributed by atoms with Gasteiger partial charge in [-0.15, -0.1) is 6.42 Å². The van der Waals surface area contributed by atoms with Crippen LogP contribution in [0, 0.1) is 12.3 Å². The lowest BCUT2D eigenvalue weighted by Crippen LogP contribution is -1.61. The highest BCUT2D eigenvalue weighted by Gasteiger charge is 1.67. The van der Waals surface area contributed by atoms with Gasteiger partial charge in [-0.05, 0) is 12.5 Å². The van der Waals surface area contributed by atoms with Crippen molar-refractivity contribution in [3.05, 3.63) is 12.2 Å². The van der Waals surface area contributed by atoms with Crippen LogP contribution in [0.15, 0.2) is 12.2 Å². The fourth-order valence-electron chi connectivity index (χ4n) is 0.214. The molecule has 0 aromatic carbocycles. The Kier molecular flexibility index (Phi) is 6.06. The lowest BCUT2D eigenvalue weighted by Gasteiger charge is -1.74. The summed E-state index contributed by atoms with van der Waals surface area (Å²) in [5.41, 5.74) is 0. The molecule has 7 heavy (non-hydrogen) atoms. The monoisotopic (exact) mass is 206 g/mol. The number of hydrogen-bond donors (Lipinski definition) is 0. The molecule has 0 bridgehead atoms. The van der Waals surface area contributed by atoms with Crippen molar-refractivity contribution in [2.24, 2.45) is 0 Å². The van der Waals surface area contributed by atoms with Crippen molar-refractivity contribution in [3.8, 4) is 12.3 Å². The van der Waals surface area contributed by atoms with Gasteiger partial charge in [-0.1, -0.05) is 34.6 Å². The summed E-state index contributed by atoms with van der Waals surface area (Å²) in [5, 5.41) is 0. The zero-order valence-corrected chi connectivity index (χ0v) is 6.18. The molecule has 0 N–H and O–H groups in total. The third kappa shape index (κ3) is 6.03. The van der Waals surface area contributed by atoms with Crippen LogP contribution in [0.2, 0.25) is 0 Å². The molecule has 0 spiro atoms. The molecule has 38 valence electrons. The first-order valence-corrected chi connectivity index (χ1v) is 3.61. The van der Waals surface area contributed by atoms with Crippen LogP contribution in [0.1, 0.15) is 6.42 Å². The molecule has 0 radical (unpaired) electrons. The van der Waals surface area contributed by atoms with Gasteiger partial charge in [-0.25, -0.2) is 0 Å². The lowest BCUT2D eigenvalue weighted by atomic mass is 10.4. The summed E-state index contributed by atoms with van der Waals surface area (Å²) >= 11 is 2.31. The third-order valence-corrected chi connectivity index (χ3v) is 1.11. The van der Waals surface area contributed by atoms with Gasteiger partial charge in [0.25, 0.3) is 0 Å². The van der Waals surface area contributed by atoms with Gasteiger partial charge in [0.15, 0.2) is 0 Å². The van der Waals surface area contributed by atoms with E-state index in [1.165, 1.54) is 0 Å². The largest absolute Gasteiger partial charge is 0.115 e. The SMILES string of the molecule is C#CC=CCCI. The highest BCUT2D eigenvalue weighted by atomic mass is 127. The Morgan fingerprint density at radius 3 is 2.86 bits per heavy atom. The normalized spacial score (nSPS) is 9.14. The molecular formula is C6H7I. The Hall–Kier alpha value is 0.0300. The molecule has 0 aliphatic rings. The molecule has 0 aromatic heterocycles. The maximum Gasteiger partial charge on any atom is 0.00302 e. The van der Waals surface area contributed by atoms with Gasteiger partial charge in [-0.3, -0.25) is 0 Å². The molecule has 0 saturated heterocycles. The summed E-state index contributed by atoms with van der Waals surface area (Å²) in [6, 6.07) is 0. The Morgan fingerprint density at radius 1 is 1.71 bits per heavy atom. The summed E-state index contributed by atoms with van der Waals surface area (Å²) in [6.45, 7) is 0. The van der Waals surface area contributed by atoms with E-state index in [1.54, 1.807) is 6.08 Å². The second-order valence-electron chi connectivity index (χ2n) is 1.05. The Labute approximate surface area is 58.1 Å². The first kappa shape index (κ1) is 7.03. The predicted molar refractivity (Wildman–Crippen MR) is 41.5 cm³/mol. The highest BCUT2D eigenvalue weighted by Crippen LogP contribution is 1.87. The van der Waals surface area contributed by atoms with Crippen LogP contribution in [-0.2, 0) is 0 Å². The molecular weight excluding hydrogens is 199 g/mol. The number of allylic oxidation sites excluding steroid dienone is 2. The summed E-state index contributed by atoms with van der Waals surface area (Å²) < 4.78 is 1.15. The fraction of sp³-hybridized carbons (Fsp3) is 0.333. The molecule has 0 atom stereocenters. The van der Waals surface area contributed by atoms with Crippen molar-refractivity contribution < 1.29 is 0 Å². The van der Waals surface area contributed by atoms with Crippen molar-refractivity contribution in [2.75, 3.05) is 4.43 Å². The van der Waals surface area contributed by atoms with Gasteiger partial charge >= 0.3 is 0 Å². The summed E-state index contributed by atoms with van der Waals surface area (Å²) in [4.78, 5) is 0. The second kappa shape index (κ2) is 6.03. The standard InChI is InChI=1S/C6H7I/c1-2-3-4-5-6-7/h1,3-4H,5-6H2. The van der Waals surface area contributed by atoms with Crippen LogP contribution in [0.25, 0.3) is 0 Å². The third-order valence-electron chi connectivity index (χ3n) is 0.490. The molecule has 0 aromatic rings. The maximum absolute atomic E-state index is 4.93. The Morgan fingerprint density at radius 2 is 2.43 bits per heavy atom. The lowest BCUT2D eigenvalue weighted by molar-refractivity contribution is 1.28. The molecule has 0 rings (SSSR count). The quantitative estimate of drug-likeness (QED) is 0.368. The predicted octanol–water partition coefficient (Wildman–Crippen LogP) is 2.00. The Balaban J connectivity index is 2.97. The second-order valence-corrected chi connectivity index (χ2v) is 2.13. The van der Waals surface area contributed by atoms with Crippen LogP contribution >= 0.6 is 22.6 Å². The number of hydrogen-bond acceptors (Lipinski definition) is 0. The zero-order chi connectivity index (χ0) is 5.54. The molecule has 0 unspecified atom stereocenters. The van der Waals surface area contributed by atoms with Gasteiger partial charge in [0.1, 0.15) is 0 Å². The fourth-order valence-corrected chi connectivity index (χ4v) is 0.574. The number of rotatable bonds is 2. The van der Waals surface area contributed by atoms with E-state index in [2.05, 4.69) is 28.5 Å². The van der Waals surface area contributed by atoms with Crippen molar-refractivity contribution in [3.63, 3.8) is 0 Å². The zero-order valence-electron chi connectivity index (χ0n) is 4.02. The van der Waals surface area contributed by atoms with E-state index < -0.39 is 0 Å². The van der Waals surface area contributed by atoms with E-state index in [4.69, 9.17) is 6.42 Å². The minimum atomic E-state index is 1.09. The highest BCUT2D eigenvalue weighted by molar-refractivity contribution is 14.1. The molecule has 0 saturated carbocycles. The van der Waals surface area contributed by atoms with Crippen molar-refractivity contribution >= 4 is 22.6 Å². The molecule has 0 nitrogen and oxygen atoms in total. The van der Waals surface area contributed by atoms with Gasteiger partial charge in [-0.2, -0.15) is 0 Å². The summed E-state index contributed by atoms with van der Waals surface area (Å²) in [6.07, 6.45) is 9.75. The van der Waals surface area contributed by atoms with E-state index in [0.29, 0.717) is 0 Å². The van der Waals surface area contributed by atoms with Crippen molar-refractivity contribution in [1.82, 2.24) is 0 Å². The Bertz CT molecular complexity index is 86.8. The average molecular weight is 206 g/mol. The summed E-state index contributed by atoms with van der Waals surface area (Å²) in [7, 11) is 0. The van der Waals surface area contributed by atoms with Crippen molar-refractivity contribution in [1.29, 1.82) is 0 Å². The number of terminal acetylenes is 1. The van der Waals surface area contributed by atoms with E-state index >= 15 is 0 Å². The number of halogens is 1. The molecule has 0 aliphatic carbocycles. The van der Waals surface area contributed by atoms with E-state index in [0.717, 1.165) is 10.8 Å². The molecule has 0 amide bonds. The molecule has 0 aliphatic heterocycles. The van der Waals surface area contributed by atoms with E-state index in [-0.39, 0.29) is 0 Å². The van der Waals surface area contributed by atoms with Crippen LogP contribution in [0.5, 0.6) is 0 Å². The molecule has 1 heteroatoms. The van der Waals surface area contributed by atoms with Gasteiger partial charge in [0, 0.05) is 4.43 Å². The molecule has 0 fully saturated rings. The minimum absolute atomic E-state index is 1.09. The van der Waals surface area contributed by atoms with Gasteiger partial charge < -0.3 is 0 Å². The van der Waals surface area contributed by atoms with Crippen LogP contribution in [0.4, 0.5) is 0 Å². The van der Waals surface area contributed by atoms with Gasteiger partial charge in [0.2, 0.25) is 0 Å². The topological polar surface area (TPSA) is 0 Å². The van der Waals surface area contributed by atoms with Crippen LogP contribution in [-0.4, -0.2) is 4.43 Å². The van der Waals surface area contributed by atoms with Crippen LogP contribution in [0.3, 0.4) is 0 Å². The minimum Gasteiger partial charge on any atom is -0.115 e.